The lowest BCUT2D eigenvalue weighted by Gasteiger charge is -2.35. The van der Waals surface area contributed by atoms with Crippen molar-refractivity contribution in [1.29, 1.82) is 5.26 Å². The van der Waals surface area contributed by atoms with Gasteiger partial charge in [0.25, 0.3) is 0 Å². The predicted octanol–water partition coefficient (Wildman–Crippen LogP) is 2.52. The molecule has 0 aromatic heterocycles. The zero-order valence-corrected chi connectivity index (χ0v) is 13.4. The molecule has 7 heteroatoms. The van der Waals surface area contributed by atoms with Gasteiger partial charge in [0.1, 0.15) is 5.82 Å². The van der Waals surface area contributed by atoms with Crippen molar-refractivity contribution < 1.29 is 12.8 Å². The molecule has 1 fully saturated rings. The zero-order chi connectivity index (χ0) is 16.2. The Bertz CT molecular complexity index is 640. The Morgan fingerprint density at radius 1 is 1.41 bits per heavy atom. The monoisotopic (exact) mass is 325 g/mol. The van der Waals surface area contributed by atoms with Crippen molar-refractivity contribution in [2.45, 2.75) is 26.2 Å². The zero-order valence-electron chi connectivity index (χ0n) is 12.6. The number of hydrogen-bond donors (Lipinski definition) is 0. The van der Waals surface area contributed by atoms with Crippen LogP contribution in [0.25, 0.3) is 0 Å². The molecule has 1 saturated heterocycles. The lowest BCUT2D eigenvalue weighted by molar-refractivity contribution is 0.280. The molecule has 0 N–H and O–H groups in total. The topological polar surface area (TPSA) is 64.4 Å². The van der Waals surface area contributed by atoms with Gasteiger partial charge in [0.15, 0.2) is 0 Å². The number of hydrogen-bond acceptors (Lipinski definition) is 3. The maximum atomic E-state index is 13.1. The van der Waals surface area contributed by atoms with E-state index in [1.165, 1.54) is 32.9 Å². The standard InChI is InChI=1S/C15H20FN3O2S/c1-13-4-2-10-18(12-13)22(20,21)19(11-3-9-17)15-7-5-14(16)6-8-15/h5-8,13H,2-4,10-12H2,1H3. The summed E-state index contributed by atoms with van der Waals surface area (Å²) >= 11 is 0. The molecule has 1 aromatic carbocycles. The summed E-state index contributed by atoms with van der Waals surface area (Å²) in [7, 11) is -3.70. The van der Waals surface area contributed by atoms with Crippen LogP contribution in [0.5, 0.6) is 0 Å². The Labute approximate surface area is 131 Å². The molecule has 0 spiro atoms. The third-order valence-corrected chi connectivity index (χ3v) is 5.70. The summed E-state index contributed by atoms with van der Waals surface area (Å²) < 4.78 is 41.5. The predicted molar refractivity (Wildman–Crippen MR) is 82.9 cm³/mol. The van der Waals surface area contributed by atoms with Gasteiger partial charge < -0.3 is 0 Å². The third kappa shape index (κ3) is 3.76. The molecule has 1 atom stereocenters. The van der Waals surface area contributed by atoms with Gasteiger partial charge in [0.2, 0.25) is 0 Å². The van der Waals surface area contributed by atoms with Gasteiger partial charge in [-0.25, -0.2) is 4.39 Å². The highest BCUT2D eigenvalue weighted by Crippen LogP contribution is 2.25. The van der Waals surface area contributed by atoms with Gasteiger partial charge in [-0.15, -0.1) is 0 Å². The van der Waals surface area contributed by atoms with Crippen LogP contribution < -0.4 is 4.31 Å². The number of halogens is 1. The Kier molecular flexibility index (Phi) is 5.37. The molecule has 120 valence electrons. The largest absolute Gasteiger partial charge is 0.304 e. The number of nitrogens with zero attached hydrogens (tertiary/aromatic N) is 3. The molecule has 1 heterocycles. The van der Waals surface area contributed by atoms with Crippen LogP contribution in [0.2, 0.25) is 0 Å². The van der Waals surface area contributed by atoms with Crippen molar-refractivity contribution in [3.63, 3.8) is 0 Å². The number of rotatable bonds is 5. The molecule has 1 aliphatic rings. The van der Waals surface area contributed by atoms with Crippen LogP contribution in [-0.2, 0) is 10.2 Å². The number of nitriles is 1. The fourth-order valence-corrected chi connectivity index (χ4v) is 4.42. The Morgan fingerprint density at radius 3 is 2.68 bits per heavy atom. The average Bonchev–Trinajstić information content (AvgIpc) is 2.49. The van der Waals surface area contributed by atoms with E-state index < -0.39 is 16.0 Å². The highest BCUT2D eigenvalue weighted by atomic mass is 32.2. The second kappa shape index (κ2) is 7.07. The van der Waals surface area contributed by atoms with Crippen LogP contribution in [0.1, 0.15) is 26.2 Å². The highest BCUT2D eigenvalue weighted by Gasteiger charge is 2.32. The molecular formula is C15H20FN3O2S. The van der Waals surface area contributed by atoms with Crippen molar-refractivity contribution in [3.8, 4) is 6.07 Å². The first-order valence-electron chi connectivity index (χ1n) is 7.35. The van der Waals surface area contributed by atoms with Gasteiger partial charge >= 0.3 is 10.2 Å². The van der Waals surface area contributed by atoms with E-state index in [1.54, 1.807) is 0 Å². The number of benzene rings is 1. The minimum absolute atomic E-state index is 0.0648. The van der Waals surface area contributed by atoms with Gasteiger partial charge in [-0.2, -0.15) is 18.0 Å². The van der Waals surface area contributed by atoms with E-state index in [0.717, 1.165) is 12.8 Å². The minimum Gasteiger partial charge on any atom is -0.257 e. The summed E-state index contributed by atoms with van der Waals surface area (Å²) in [6.45, 7) is 3.05. The summed E-state index contributed by atoms with van der Waals surface area (Å²) in [6.07, 6.45) is 1.93. The first kappa shape index (κ1) is 16.7. The van der Waals surface area contributed by atoms with Crippen LogP contribution in [0, 0.1) is 23.1 Å². The quantitative estimate of drug-likeness (QED) is 0.835. The summed E-state index contributed by atoms with van der Waals surface area (Å²) in [4.78, 5) is 0. The van der Waals surface area contributed by atoms with Crippen molar-refractivity contribution in [3.05, 3.63) is 30.1 Å². The van der Waals surface area contributed by atoms with Gasteiger partial charge in [0.05, 0.1) is 18.2 Å². The van der Waals surface area contributed by atoms with Gasteiger partial charge in [-0.3, -0.25) is 4.31 Å². The van der Waals surface area contributed by atoms with E-state index in [-0.39, 0.29) is 13.0 Å². The molecule has 0 saturated carbocycles. The molecule has 0 amide bonds. The Morgan fingerprint density at radius 2 is 2.09 bits per heavy atom. The number of anilines is 1. The van der Waals surface area contributed by atoms with Gasteiger partial charge in [0, 0.05) is 19.6 Å². The first-order valence-corrected chi connectivity index (χ1v) is 8.75. The molecular weight excluding hydrogens is 305 g/mol. The second-order valence-electron chi connectivity index (χ2n) is 5.57. The molecule has 0 radical (unpaired) electrons. The van der Waals surface area contributed by atoms with Crippen molar-refractivity contribution >= 4 is 15.9 Å². The van der Waals surface area contributed by atoms with Crippen LogP contribution in [0.4, 0.5) is 10.1 Å². The first-order chi connectivity index (χ1) is 10.4. The fraction of sp³-hybridized carbons (Fsp3) is 0.533. The lowest BCUT2D eigenvalue weighted by atomic mass is 10.0. The molecule has 22 heavy (non-hydrogen) atoms. The maximum Gasteiger partial charge on any atom is 0.304 e. The smallest absolute Gasteiger partial charge is 0.257 e. The minimum atomic E-state index is -3.70. The Hall–Kier alpha value is -1.65. The summed E-state index contributed by atoms with van der Waals surface area (Å²) in [5.41, 5.74) is 0.384. The highest BCUT2D eigenvalue weighted by molar-refractivity contribution is 7.90. The molecule has 0 bridgehead atoms. The van der Waals surface area contributed by atoms with Crippen molar-refractivity contribution in [2.24, 2.45) is 5.92 Å². The van der Waals surface area contributed by atoms with E-state index in [0.29, 0.717) is 24.7 Å². The number of piperidine rings is 1. The molecule has 1 aliphatic heterocycles. The van der Waals surface area contributed by atoms with Crippen LogP contribution in [0.3, 0.4) is 0 Å². The third-order valence-electron chi connectivity index (χ3n) is 3.77. The molecule has 1 unspecified atom stereocenters. The van der Waals surface area contributed by atoms with E-state index in [2.05, 4.69) is 0 Å². The second-order valence-corrected chi connectivity index (χ2v) is 7.42. The molecule has 5 nitrogen and oxygen atoms in total. The summed E-state index contributed by atoms with van der Waals surface area (Å²) in [5.74, 6) is -0.109. The molecule has 1 aromatic rings. The van der Waals surface area contributed by atoms with E-state index in [1.807, 2.05) is 13.0 Å². The fourth-order valence-electron chi connectivity index (χ4n) is 2.63. The molecule has 2 rings (SSSR count). The maximum absolute atomic E-state index is 13.1. The lowest BCUT2D eigenvalue weighted by Crippen LogP contribution is -2.48. The van der Waals surface area contributed by atoms with Crippen molar-refractivity contribution in [1.82, 2.24) is 4.31 Å². The van der Waals surface area contributed by atoms with E-state index >= 15 is 0 Å². The van der Waals surface area contributed by atoms with Gasteiger partial charge in [-0.1, -0.05) is 6.92 Å². The normalized spacial score (nSPS) is 19.6. The van der Waals surface area contributed by atoms with E-state index in [9.17, 15) is 12.8 Å². The van der Waals surface area contributed by atoms with Crippen LogP contribution >= 0.6 is 0 Å². The molecule has 0 aliphatic carbocycles. The average molecular weight is 325 g/mol. The van der Waals surface area contributed by atoms with Crippen LogP contribution in [0.15, 0.2) is 24.3 Å². The summed E-state index contributed by atoms with van der Waals surface area (Å²) in [5, 5.41) is 8.78. The SMILES string of the molecule is CC1CCCN(S(=O)(=O)N(CCC#N)c2ccc(F)cc2)C1. The Balaban J connectivity index is 2.31. The van der Waals surface area contributed by atoms with E-state index in [4.69, 9.17) is 5.26 Å². The van der Waals surface area contributed by atoms with Crippen molar-refractivity contribution in [2.75, 3.05) is 23.9 Å². The van der Waals surface area contributed by atoms with Gasteiger partial charge in [-0.05, 0) is 43.0 Å². The van der Waals surface area contributed by atoms with Crippen LogP contribution in [-0.4, -0.2) is 32.4 Å². The summed E-state index contributed by atoms with van der Waals surface area (Å²) in [6, 6.07) is 7.27.